The first-order valence-corrected chi connectivity index (χ1v) is 8.03. The highest BCUT2D eigenvalue weighted by atomic mass is 35.5. The monoisotopic (exact) mass is 373 g/mol. The van der Waals surface area contributed by atoms with Crippen LogP contribution in [0.3, 0.4) is 0 Å². The molecule has 2 aromatic heterocycles. The molecule has 8 nitrogen and oxygen atoms in total. The smallest absolute Gasteiger partial charge is 0.275 e. The molecule has 0 atom stereocenters. The van der Waals surface area contributed by atoms with Crippen molar-refractivity contribution in [3.63, 3.8) is 0 Å². The lowest BCUT2D eigenvalue weighted by molar-refractivity contribution is 0.102. The van der Waals surface area contributed by atoms with Gasteiger partial charge in [-0.15, -0.1) is 0 Å². The number of hydrogen-bond donors (Lipinski definition) is 2. The molecule has 3 rings (SSSR count). The van der Waals surface area contributed by atoms with E-state index in [-0.39, 0.29) is 11.6 Å². The number of benzene rings is 1. The van der Waals surface area contributed by atoms with Gasteiger partial charge in [-0.2, -0.15) is 0 Å². The van der Waals surface area contributed by atoms with Crippen molar-refractivity contribution in [2.75, 3.05) is 17.7 Å². The van der Waals surface area contributed by atoms with Crippen molar-refractivity contribution < 1.29 is 14.1 Å². The van der Waals surface area contributed by atoms with E-state index in [0.717, 1.165) is 0 Å². The molecule has 0 unspecified atom stereocenters. The second kappa shape index (κ2) is 7.40. The van der Waals surface area contributed by atoms with Crippen LogP contribution in [-0.4, -0.2) is 28.1 Å². The fourth-order valence-corrected chi connectivity index (χ4v) is 2.42. The number of methoxy groups -OCH3 is 1. The Morgan fingerprint density at radius 2 is 2.00 bits per heavy atom. The van der Waals surface area contributed by atoms with Gasteiger partial charge < -0.3 is 19.9 Å². The molecule has 2 heterocycles. The van der Waals surface area contributed by atoms with E-state index in [2.05, 4.69) is 25.8 Å². The highest BCUT2D eigenvalue weighted by Crippen LogP contribution is 2.29. The van der Waals surface area contributed by atoms with Gasteiger partial charge in [-0.3, -0.25) is 4.79 Å². The number of halogens is 1. The molecule has 2 N–H and O–H groups in total. The zero-order valence-corrected chi connectivity index (χ0v) is 15.1. The Morgan fingerprint density at radius 3 is 2.69 bits per heavy atom. The average Bonchev–Trinajstić information content (AvgIpc) is 2.99. The number of carbonyl (C=O) groups excluding carboxylic acids is 1. The summed E-state index contributed by atoms with van der Waals surface area (Å²) in [6.45, 7) is 3.50. The topological polar surface area (TPSA) is 102 Å². The van der Waals surface area contributed by atoms with Gasteiger partial charge in [0.25, 0.3) is 5.91 Å². The molecule has 3 aromatic rings. The van der Waals surface area contributed by atoms with Gasteiger partial charge in [0, 0.05) is 16.8 Å². The third-order valence-electron chi connectivity index (χ3n) is 3.36. The van der Waals surface area contributed by atoms with E-state index < -0.39 is 5.91 Å². The molecular formula is C17H16ClN5O3. The zero-order chi connectivity index (χ0) is 18.7. The van der Waals surface area contributed by atoms with Crippen LogP contribution in [0.5, 0.6) is 5.75 Å². The number of nitrogens with one attached hydrogen (secondary N) is 2. The van der Waals surface area contributed by atoms with E-state index in [1.54, 1.807) is 51.3 Å². The predicted octanol–water partition coefficient (Wildman–Crippen LogP) is 3.74. The quantitative estimate of drug-likeness (QED) is 0.702. The molecule has 0 aliphatic carbocycles. The Bertz CT molecular complexity index is 957. The van der Waals surface area contributed by atoms with Crippen LogP contribution in [0.25, 0.3) is 0 Å². The fraction of sp³-hybridized carbons (Fsp3) is 0.176. The van der Waals surface area contributed by atoms with Crippen LogP contribution >= 0.6 is 11.6 Å². The summed E-state index contributed by atoms with van der Waals surface area (Å²) in [6.07, 6.45) is 0. The number of aryl methyl sites for hydroxylation is 2. The minimum atomic E-state index is -0.426. The van der Waals surface area contributed by atoms with Crippen molar-refractivity contribution in [3.8, 4) is 5.75 Å². The van der Waals surface area contributed by atoms with Crippen molar-refractivity contribution in [2.45, 2.75) is 13.8 Å². The van der Waals surface area contributed by atoms with Gasteiger partial charge in [0.15, 0.2) is 5.82 Å². The second-order valence-electron chi connectivity index (χ2n) is 5.46. The summed E-state index contributed by atoms with van der Waals surface area (Å²) in [6, 6.07) is 8.30. The molecular weight excluding hydrogens is 358 g/mol. The van der Waals surface area contributed by atoms with Crippen LogP contribution in [0.4, 0.5) is 17.5 Å². The fourth-order valence-electron chi connectivity index (χ4n) is 2.24. The molecule has 0 bridgehead atoms. The predicted molar refractivity (Wildman–Crippen MR) is 97.2 cm³/mol. The first-order valence-electron chi connectivity index (χ1n) is 7.65. The van der Waals surface area contributed by atoms with Crippen molar-refractivity contribution in [3.05, 3.63) is 52.5 Å². The summed E-state index contributed by atoms with van der Waals surface area (Å²) < 4.78 is 10.2. The van der Waals surface area contributed by atoms with Crippen molar-refractivity contribution in [1.29, 1.82) is 0 Å². The summed E-state index contributed by atoms with van der Waals surface area (Å²) in [5.41, 5.74) is 1.38. The maximum atomic E-state index is 12.4. The van der Waals surface area contributed by atoms with Gasteiger partial charge in [0.2, 0.25) is 5.95 Å². The summed E-state index contributed by atoms with van der Waals surface area (Å²) in [5.74, 6) is 1.30. The minimum absolute atomic E-state index is 0.182. The van der Waals surface area contributed by atoms with Gasteiger partial charge in [-0.25, -0.2) is 9.97 Å². The minimum Gasteiger partial charge on any atom is -0.495 e. The Hall–Kier alpha value is -3.13. The van der Waals surface area contributed by atoms with Crippen molar-refractivity contribution in [2.24, 2.45) is 0 Å². The van der Waals surface area contributed by atoms with Crippen LogP contribution in [0.2, 0.25) is 5.02 Å². The maximum Gasteiger partial charge on any atom is 0.275 e. The summed E-state index contributed by atoms with van der Waals surface area (Å²) in [5, 5.41) is 9.90. The molecule has 134 valence electrons. The molecule has 0 spiro atoms. The lowest BCUT2D eigenvalue weighted by Crippen LogP contribution is -2.15. The number of nitrogens with zero attached hydrogens (tertiary/aromatic N) is 3. The highest BCUT2D eigenvalue weighted by molar-refractivity contribution is 6.31. The number of carbonyl (C=O) groups is 1. The lowest BCUT2D eigenvalue weighted by Gasteiger charge is -2.11. The second-order valence-corrected chi connectivity index (χ2v) is 5.90. The Morgan fingerprint density at radius 1 is 1.19 bits per heavy atom. The number of hydrogen-bond acceptors (Lipinski definition) is 7. The van der Waals surface area contributed by atoms with E-state index in [9.17, 15) is 4.79 Å². The van der Waals surface area contributed by atoms with Gasteiger partial charge in [0.1, 0.15) is 17.2 Å². The molecule has 1 amide bonds. The number of aromatic nitrogens is 3. The van der Waals surface area contributed by atoms with Gasteiger partial charge in [-0.1, -0.05) is 16.8 Å². The van der Waals surface area contributed by atoms with Crippen LogP contribution < -0.4 is 15.4 Å². The van der Waals surface area contributed by atoms with Crippen LogP contribution in [0.1, 0.15) is 21.9 Å². The van der Waals surface area contributed by atoms with Crippen LogP contribution in [0.15, 0.2) is 34.9 Å². The standard InChI is InChI=1S/C17H16ClN5O3/c1-9-6-13(16(24)22-15-7-10(2)26-23-15)21-17(19-9)20-12-8-11(18)4-5-14(12)25-3/h4-8H,1-3H3,(H,19,20,21)(H,22,23,24). The lowest BCUT2D eigenvalue weighted by atomic mass is 10.3. The van der Waals surface area contributed by atoms with E-state index in [1.807, 2.05) is 0 Å². The number of rotatable bonds is 5. The van der Waals surface area contributed by atoms with E-state index in [0.29, 0.717) is 33.7 Å². The number of ether oxygens (including phenoxy) is 1. The summed E-state index contributed by atoms with van der Waals surface area (Å²) in [4.78, 5) is 20.9. The van der Waals surface area contributed by atoms with Gasteiger partial charge in [0.05, 0.1) is 12.8 Å². The average molecular weight is 374 g/mol. The van der Waals surface area contributed by atoms with Gasteiger partial charge in [-0.05, 0) is 38.1 Å². The molecule has 26 heavy (non-hydrogen) atoms. The molecule has 0 saturated heterocycles. The van der Waals surface area contributed by atoms with Crippen molar-refractivity contribution >= 4 is 35.0 Å². The van der Waals surface area contributed by atoms with Crippen molar-refractivity contribution in [1.82, 2.24) is 15.1 Å². The maximum absolute atomic E-state index is 12.4. The molecule has 0 fully saturated rings. The number of amides is 1. The summed E-state index contributed by atoms with van der Waals surface area (Å²) in [7, 11) is 1.55. The Labute approximate surface area is 154 Å². The molecule has 0 aliphatic heterocycles. The number of anilines is 3. The van der Waals surface area contributed by atoms with Crippen LogP contribution in [0, 0.1) is 13.8 Å². The molecule has 1 aromatic carbocycles. The molecule has 0 saturated carbocycles. The first-order chi connectivity index (χ1) is 12.4. The molecule has 0 aliphatic rings. The zero-order valence-electron chi connectivity index (χ0n) is 14.3. The first kappa shape index (κ1) is 17.7. The normalized spacial score (nSPS) is 10.5. The van der Waals surface area contributed by atoms with Gasteiger partial charge >= 0.3 is 0 Å². The molecule has 0 radical (unpaired) electrons. The third-order valence-corrected chi connectivity index (χ3v) is 3.60. The van der Waals surface area contributed by atoms with E-state index >= 15 is 0 Å². The summed E-state index contributed by atoms with van der Waals surface area (Å²) >= 11 is 6.03. The highest BCUT2D eigenvalue weighted by Gasteiger charge is 2.14. The van der Waals surface area contributed by atoms with E-state index in [1.165, 1.54) is 0 Å². The largest absolute Gasteiger partial charge is 0.495 e. The molecule has 9 heteroatoms. The Kier molecular flexibility index (Phi) is 5.04. The van der Waals surface area contributed by atoms with Crippen LogP contribution in [-0.2, 0) is 0 Å². The van der Waals surface area contributed by atoms with E-state index in [4.69, 9.17) is 20.9 Å². The third kappa shape index (κ3) is 4.09. The Balaban J connectivity index is 1.86. The SMILES string of the molecule is COc1ccc(Cl)cc1Nc1nc(C)cc(C(=O)Nc2cc(C)on2)n1.